The number of piperidine rings is 1. The molecule has 1 amide bonds. The van der Waals surface area contributed by atoms with Gasteiger partial charge in [0, 0.05) is 42.6 Å². The molecule has 0 atom stereocenters. The number of benzene rings is 3. The van der Waals surface area contributed by atoms with Gasteiger partial charge in [0.05, 0.1) is 18.0 Å². The Balaban J connectivity index is 1.03. The number of hydrogen-bond acceptors (Lipinski definition) is 7. The highest BCUT2D eigenvalue weighted by Gasteiger charge is 2.50. The van der Waals surface area contributed by atoms with Crippen LogP contribution in [0, 0.1) is 0 Å². The number of hydrogen-bond donors (Lipinski definition) is 2. The fraction of sp³-hybridized carbons (Fsp3) is 0.212. The van der Waals surface area contributed by atoms with E-state index in [1.54, 1.807) is 6.20 Å². The van der Waals surface area contributed by atoms with Crippen molar-refractivity contribution in [2.24, 2.45) is 0 Å². The zero-order valence-corrected chi connectivity index (χ0v) is 23.1. The monoisotopic (exact) mass is 554 g/mol. The fourth-order valence-corrected chi connectivity index (χ4v) is 6.59. The molecule has 0 saturated carbocycles. The maximum atomic E-state index is 13.0. The Morgan fingerprint density at radius 1 is 0.810 bits per heavy atom. The van der Waals surface area contributed by atoms with Crippen LogP contribution in [0.4, 0.5) is 17.2 Å². The number of fused-ring (bicyclic) bond motifs is 5. The van der Waals surface area contributed by atoms with E-state index in [2.05, 4.69) is 82.6 Å². The number of para-hydroxylation sites is 2. The molecule has 0 unspecified atom stereocenters. The van der Waals surface area contributed by atoms with E-state index in [9.17, 15) is 4.79 Å². The second kappa shape index (κ2) is 9.81. The van der Waals surface area contributed by atoms with Crippen molar-refractivity contribution < 1.29 is 4.79 Å². The fourth-order valence-electron chi connectivity index (χ4n) is 6.59. The number of nitrogens with one attached hydrogen (secondary N) is 2. The molecule has 208 valence electrons. The Labute approximate surface area is 243 Å². The normalized spacial score (nSPS) is 17.1. The molecule has 3 aliphatic rings. The first-order valence-electron chi connectivity index (χ1n) is 14.4. The molecule has 3 aliphatic heterocycles. The first-order chi connectivity index (χ1) is 20.7. The maximum Gasteiger partial charge on any atom is 0.247 e. The summed E-state index contributed by atoms with van der Waals surface area (Å²) in [4.78, 5) is 22.3. The van der Waals surface area contributed by atoms with Crippen LogP contribution in [-0.2, 0) is 11.3 Å². The summed E-state index contributed by atoms with van der Waals surface area (Å²) >= 11 is 0. The average Bonchev–Trinajstić information content (AvgIpc) is 3.57. The lowest BCUT2D eigenvalue weighted by Crippen LogP contribution is -2.56. The third-order valence-electron chi connectivity index (χ3n) is 8.82. The number of aromatic nitrogens is 4. The molecule has 9 nitrogen and oxygen atoms in total. The van der Waals surface area contributed by atoms with Gasteiger partial charge in [-0.3, -0.25) is 14.3 Å². The Hall–Kier alpha value is -5.02. The first-order valence-corrected chi connectivity index (χ1v) is 14.4. The molecule has 42 heavy (non-hydrogen) atoms. The van der Waals surface area contributed by atoms with Gasteiger partial charge in [0.2, 0.25) is 5.91 Å². The van der Waals surface area contributed by atoms with E-state index in [0.717, 1.165) is 78.1 Å². The summed E-state index contributed by atoms with van der Waals surface area (Å²) in [5, 5.41) is 15.8. The molecule has 2 saturated heterocycles. The lowest BCUT2D eigenvalue weighted by atomic mass is 9.85. The van der Waals surface area contributed by atoms with Crippen LogP contribution in [0.3, 0.4) is 0 Å². The summed E-state index contributed by atoms with van der Waals surface area (Å²) < 4.78 is 2.09. The summed E-state index contributed by atoms with van der Waals surface area (Å²) in [7, 11) is 0. The number of nitrogens with zero attached hydrogens (tertiary/aromatic N) is 6. The highest BCUT2D eigenvalue weighted by molar-refractivity contribution is 5.93. The number of rotatable bonds is 4. The number of likely N-dealkylation sites (tertiary alicyclic amines) is 1. The van der Waals surface area contributed by atoms with Crippen molar-refractivity contribution in [2.75, 3.05) is 30.0 Å². The Morgan fingerprint density at radius 2 is 1.57 bits per heavy atom. The smallest absolute Gasteiger partial charge is 0.247 e. The summed E-state index contributed by atoms with van der Waals surface area (Å²) in [6, 6.07) is 30.9. The molecule has 0 aliphatic carbocycles. The van der Waals surface area contributed by atoms with Crippen LogP contribution in [0.1, 0.15) is 18.4 Å². The van der Waals surface area contributed by atoms with Crippen molar-refractivity contribution >= 4 is 23.1 Å². The van der Waals surface area contributed by atoms with E-state index in [-0.39, 0.29) is 5.91 Å². The van der Waals surface area contributed by atoms with Gasteiger partial charge >= 0.3 is 0 Å². The molecule has 0 bridgehead atoms. The van der Waals surface area contributed by atoms with Crippen molar-refractivity contribution in [3.05, 3.63) is 103 Å². The minimum Gasteiger partial charge on any atom is -0.339 e. The van der Waals surface area contributed by atoms with Crippen LogP contribution in [0.25, 0.3) is 28.5 Å². The SMILES string of the molecule is O=C1NCN(c2ccccc2)C12CCN(Cc1ccc(-c3nnc4n3-c3cccnc3Nc3ccccc3-4)cc1)CC2. The predicted octanol–water partition coefficient (Wildman–Crippen LogP) is 4.98. The van der Waals surface area contributed by atoms with Crippen LogP contribution in [0.5, 0.6) is 0 Å². The molecule has 2 N–H and O–H groups in total. The second-order valence-corrected chi connectivity index (χ2v) is 11.2. The van der Waals surface area contributed by atoms with Gasteiger partial charge in [-0.2, -0.15) is 0 Å². The van der Waals surface area contributed by atoms with Gasteiger partial charge in [-0.25, -0.2) is 4.98 Å². The Kier molecular flexibility index (Phi) is 5.78. The standard InChI is InChI=1S/C33H30N8O/c42-32-33(40(22-35-32)25-7-2-1-3-8-25)16-19-39(20-17-33)21-23-12-14-24(15-13-23)30-37-38-31-26-9-4-5-10-27(26)36-29-28(41(30)31)11-6-18-34-29/h1-15,18H,16-17,19-22H2,(H,34,36)(H,35,42). The van der Waals surface area contributed by atoms with Gasteiger partial charge < -0.3 is 15.5 Å². The predicted molar refractivity (Wildman–Crippen MR) is 162 cm³/mol. The minimum absolute atomic E-state index is 0.150. The van der Waals surface area contributed by atoms with Crippen LogP contribution in [-0.4, -0.2) is 55.9 Å². The van der Waals surface area contributed by atoms with Crippen LogP contribution in [0.2, 0.25) is 0 Å². The molecule has 0 radical (unpaired) electrons. The number of anilines is 3. The molecule has 5 heterocycles. The number of carbonyl (C=O) groups is 1. The number of carbonyl (C=O) groups excluding carboxylic acids is 1. The van der Waals surface area contributed by atoms with Crippen molar-refractivity contribution in [2.45, 2.75) is 24.9 Å². The summed E-state index contributed by atoms with van der Waals surface area (Å²) in [5.41, 5.74) is 5.71. The molecule has 1 spiro atoms. The Bertz CT molecular complexity index is 1770. The largest absolute Gasteiger partial charge is 0.339 e. The van der Waals surface area contributed by atoms with Crippen molar-refractivity contribution in [1.29, 1.82) is 0 Å². The van der Waals surface area contributed by atoms with E-state index >= 15 is 0 Å². The van der Waals surface area contributed by atoms with Crippen molar-refractivity contribution in [1.82, 2.24) is 30.0 Å². The molecular formula is C33H30N8O. The topological polar surface area (TPSA) is 91.2 Å². The third kappa shape index (κ3) is 3.96. The van der Waals surface area contributed by atoms with Crippen LogP contribution < -0.4 is 15.5 Å². The van der Waals surface area contributed by atoms with Crippen LogP contribution in [0.15, 0.2) is 97.2 Å². The molecule has 5 aromatic rings. The second-order valence-electron chi connectivity index (χ2n) is 11.2. The minimum atomic E-state index is -0.466. The van der Waals surface area contributed by atoms with E-state index < -0.39 is 5.54 Å². The Morgan fingerprint density at radius 3 is 2.40 bits per heavy atom. The lowest BCUT2D eigenvalue weighted by molar-refractivity contribution is -0.125. The molecule has 9 heteroatoms. The molecule has 2 aromatic heterocycles. The lowest BCUT2D eigenvalue weighted by Gasteiger charge is -2.43. The van der Waals surface area contributed by atoms with Gasteiger partial charge in [0.1, 0.15) is 5.54 Å². The van der Waals surface area contributed by atoms with Gasteiger partial charge in [-0.15, -0.1) is 10.2 Å². The van der Waals surface area contributed by atoms with Crippen molar-refractivity contribution in [3.63, 3.8) is 0 Å². The first kappa shape index (κ1) is 24.8. The zero-order valence-electron chi connectivity index (χ0n) is 23.1. The van der Waals surface area contributed by atoms with Crippen molar-refractivity contribution in [3.8, 4) is 28.5 Å². The maximum absolute atomic E-state index is 13.0. The average molecular weight is 555 g/mol. The van der Waals surface area contributed by atoms with Gasteiger partial charge in [0.15, 0.2) is 17.5 Å². The van der Waals surface area contributed by atoms with E-state index in [1.807, 2.05) is 48.5 Å². The third-order valence-corrected chi connectivity index (χ3v) is 8.82. The highest BCUT2D eigenvalue weighted by Crippen LogP contribution is 2.39. The molecular weight excluding hydrogens is 524 g/mol. The molecule has 2 fully saturated rings. The van der Waals surface area contributed by atoms with E-state index in [4.69, 9.17) is 0 Å². The van der Waals surface area contributed by atoms with Crippen LogP contribution >= 0.6 is 0 Å². The quantitative estimate of drug-likeness (QED) is 0.318. The van der Waals surface area contributed by atoms with E-state index in [1.165, 1.54) is 5.56 Å². The number of pyridine rings is 1. The number of amides is 1. The summed E-state index contributed by atoms with van der Waals surface area (Å²) in [5.74, 6) is 2.48. The summed E-state index contributed by atoms with van der Waals surface area (Å²) in [6.07, 6.45) is 3.40. The van der Waals surface area contributed by atoms with E-state index in [0.29, 0.717) is 6.67 Å². The summed E-state index contributed by atoms with van der Waals surface area (Å²) in [6.45, 7) is 3.14. The van der Waals surface area contributed by atoms with Gasteiger partial charge in [-0.05, 0) is 54.8 Å². The van der Waals surface area contributed by atoms with Gasteiger partial charge in [-0.1, -0.05) is 54.6 Å². The molecule has 3 aromatic carbocycles. The molecule has 8 rings (SSSR count). The van der Waals surface area contributed by atoms with Gasteiger partial charge in [0.25, 0.3) is 0 Å². The highest BCUT2D eigenvalue weighted by atomic mass is 16.2. The zero-order chi connectivity index (χ0) is 28.1.